The monoisotopic (exact) mass is 312 g/mol. The highest BCUT2D eigenvalue weighted by Gasteiger charge is 2.78. The molecule has 0 amide bonds. The van der Waals surface area contributed by atoms with Gasteiger partial charge >= 0.3 is 0 Å². The molecule has 122 valence electrons. The number of ketones is 2. The lowest BCUT2D eigenvalue weighted by atomic mass is 9.56. The maximum atomic E-state index is 13.6. The van der Waals surface area contributed by atoms with Crippen LogP contribution in [0.3, 0.4) is 0 Å². The van der Waals surface area contributed by atoms with E-state index >= 15 is 0 Å². The highest BCUT2D eigenvalue weighted by molar-refractivity contribution is 6.21. The van der Waals surface area contributed by atoms with Crippen LogP contribution in [-0.4, -0.2) is 16.7 Å². The van der Waals surface area contributed by atoms with Gasteiger partial charge in [-0.25, -0.2) is 0 Å². The number of Topliss-reactive ketones (excluding diaryl/α,β-unsaturated/α-hetero) is 2. The van der Waals surface area contributed by atoms with Crippen molar-refractivity contribution < 1.29 is 14.7 Å². The topological polar surface area (TPSA) is 54.4 Å². The van der Waals surface area contributed by atoms with Crippen molar-refractivity contribution in [2.45, 2.75) is 34.1 Å². The number of fused-ring (bicyclic) bond motifs is 1. The smallest absolute Gasteiger partial charge is 0.210 e. The molecule has 2 saturated carbocycles. The second-order valence-corrected chi connectivity index (χ2v) is 8.33. The summed E-state index contributed by atoms with van der Waals surface area (Å²) in [5.74, 6) is -0.204. The highest BCUT2D eigenvalue weighted by Crippen LogP contribution is 2.74. The number of carbonyl (C=O) groups excluding carboxylic acids is 2. The molecule has 4 rings (SSSR count). The maximum absolute atomic E-state index is 13.6. The van der Waals surface area contributed by atoms with Gasteiger partial charge in [0.25, 0.3) is 0 Å². The minimum Gasteiger partial charge on any atom is -0.504 e. The molecule has 4 aliphatic rings. The molecule has 4 aliphatic carbocycles. The van der Waals surface area contributed by atoms with Crippen molar-refractivity contribution in [3.63, 3.8) is 0 Å². The largest absolute Gasteiger partial charge is 0.504 e. The number of hydrogen-bond donors (Lipinski definition) is 1. The minimum atomic E-state index is -1.15. The van der Waals surface area contributed by atoms with Crippen molar-refractivity contribution >= 4 is 11.6 Å². The maximum Gasteiger partial charge on any atom is 0.210 e. The number of allylic oxidation sites excluding steroid dienone is 5. The Morgan fingerprint density at radius 1 is 1.30 bits per heavy atom. The van der Waals surface area contributed by atoms with Crippen LogP contribution in [0.25, 0.3) is 0 Å². The Hall–Kier alpha value is -1.64. The molecule has 0 saturated heterocycles. The molecule has 0 aromatic heterocycles. The van der Waals surface area contributed by atoms with E-state index in [1.807, 2.05) is 13.8 Å². The molecule has 7 atom stereocenters. The first-order valence-corrected chi connectivity index (χ1v) is 8.57. The Kier molecular flexibility index (Phi) is 2.63. The Labute approximate surface area is 137 Å². The summed E-state index contributed by atoms with van der Waals surface area (Å²) in [5, 5.41) is 10.8. The van der Waals surface area contributed by atoms with Gasteiger partial charge in [-0.15, -0.1) is 0 Å². The van der Waals surface area contributed by atoms with Gasteiger partial charge in [0, 0.05) is 5.92 Å². The zero-order chi connectivity index (χ0) is 16.9. The number of aliphatic hydroxyl groups is 1. The summed E-state index contributed by atoms with van der Waals surface area (Å²) in [5.41, 5.74) is -0.257. The number of hydrogen-bond acceptors (Lipinski definition) is 3. The molecule has 1 spiro atoms. The van der Waals surface area contributed by atoms with Crippen LogP contribution in [0.4, 0.5) is 0 Å². The summed E-state index contributed by atoms with van der Waals surface area (Å²) in [6.07, 6.45) is 5.13. The lowest BCUT2D eigenvalue weighted by molar-refractivity contribution is -0.145. The average Bonchev–Trinajstić information content (AvgIpc) is 2.83. The Balaban J connectivity index is 2.12. The van der Waals surface area contributed by atoms with Crippen molar-refractivity contribution in [1.82, 2.24) is 0 Å². The molecule has 0 aromatic carbocycles. The van der Waals surface area contributed by atoms with E-state index in [9.17, 15) is 14.7 Å². The van der Waals surface area contributed by atoms with Gasteiger partial charge in [-0.05, 0) is 49.5 Å². The summed E-state index contributed by atoms with van der Waals surface area (Å²) in [6, 6.07) is 0. The van der Waals surface area contributed by atoms with Gasteiger partial charge in [-0.2, -0.15) is 0 Å². The fourth-order valence-corrected chi connectivity index (χ4v) is 6.58. The van der Waals surface area contributed by atoms with E-state index < -0.39 is 10.8 Å². The van der Waals surface area contributed by atoms with Crippen molar-refractivity contribution in [3.8, 4) is 0 Å². The predicted molar refractivity (Wildman–Crippen MR) is 87.6 cm³/mol. The normalized spacial score (nSPS) is 50.5. The molecular formula is C20H24O3. The van der Waals surface area contributed by atoms with Crippen molar-refractivity contribution in [1.29, 1.82) is 0 Å². The van der Waals surface area contributed by atoms with Gasteiger partial charge in [0.2, 0.25) is 5.78 Å². The van der Waals surface area contributed by atoms with Crippen molar-refractivity contribution in [2.75, 3.05) is 0 Å². The zero-order valence-corrected chi connectivity index (χ0v) is 14.2. The van der Waals surface area contributed by atoms with E-state index in [0.717, 1.165) is 12.0 Å². The van der Waals surface area contributed by atoms with Crippen LogP contribution in [0.15, 0.2) is 35.6 Å². The Morgan fingerprint density at radius 3 is 2.57 bits per heavy atom. The van der Waals surface area contributed by atoms with Gasteiger partial charge in [0.05, 0.1) is 5.41 Å². The van der Waals surface area contributed by atoms with E-state index in [0.29, 0.717) is 11.5 Å². The quantitative estimate of drug-likeness (QED) is 0.594. The van der Waals surface area contributed by atoms with Gasteiger partial charge in [-0.1, -0.05) is 38.2 Å². The van der Waals surface area contributed by atoms with E-state index in [2.05, 4.69) is 25.7 Å². The molecule has 0 aromatic rings. The second-order valence-electron chi connectivity index (χ2n) is 8.33. The molecule has 3 nitrogen and oxygen atoms in total. The molecule has 0 radical (unpaired) electrons. The summed E-state index contributed by atoms with van der Waals surface area (Å²) < 4.78 is 0. The van der Waals surface area contributed by atoms with Crippen LogP contribution >= 0.6 is 0 Å². The molecule has 0 aliphatic heterocycles. The molecule has 0 unspecified atom stereocenters. The van der Waals surface area contributed by atoms with Crippen LogP contribution in [0.2, 0.25) is 0 Å². The third-order valence-corrected chi connectivity index (χ3v) is 7.20. The summed E-state index contributed by atoms with van der Waals surface area (Å²) in [6.45, 7) is 11.9. The highest BCUT2D eigenvalue weighted by atomic mass is 16.3. The first-order valence-electron chi connectivity index (χ1n) is 8.57. The summed E-state index contributed by atoms with van der Waals surface area (Å²) in [4.78, 5) is 26.6. The van der Waals surface area contributed by atoms with Gasteiger partial charge in [0.15, 0.2) is 11.5 Å². The van der Waals surface area contributed by atoms with Crippen LogP contribution in [0.1, 0.15) is 34.1 Å². The lowest BCUT2D eigenvalue weighted by Crippen LogP contribution is -2.52. The number of rotatable bonds is 1. The molecule has 2 bridgehead atoms. The van der Waals surface area contributed by atoms with Gasteiger partial charge < -0.3 is 5.11 Å². The number of carbonyl (C=O) groups is 2. The molecule has 0 heterocycles. The fraction of sp³-hybridized carbons (Fsp3) is 0.600. The molecule has 2 fully saturated rings. The molecule has 3 heteroatoms. The van der Waals surface area contributed by atoms with E-state index in [4.69, 9.17) is 0 Å². The van der Waals surface area contributed by atoms with Gasteiger partial charge in [0.1, 0.15) is 5.41 Å². The Morgan fingerprint density at radius 2 is 1.96 bits per heavy atom. The zero-order valence-electron chi connectivity index (χ0n) is 14.2. The molecule has 23 heavy (non-hydrogen) atoms. The van der Waals surface area contributed by atoms with E-state index in [1.54, 1.807) is 6.92 Å². The average molecular weight is 312 g/mol. The van der Waals surface area contributed by atoms with Crippen LogP contribution in [0.5, 0.6) is 0 Å². The third-order valence-electron chi connectivity index (χ3n) is 7.20. The first-order chi connectivity index (χ1) is 10.7. The summed E-state index contributed by atoms with van der Waals surface area (Å²) >= 11 is 0. The van der Waals surface area contributed by atoms with E-state index in [-0.39, 0.29) is 41.0 Å². The fourth-order valence-electron chi connectivity index (χ4n) is 6.58. The first kappa shape index (κ1) is 14.9. The van der Waals surface area contributed by atoms with Crippen molar-refractivity contribution in [3.05, 3.63) is 35.6 Å². The van der Waals surface area contributed by atoms with Crippen molar-refractivity contribution in [2.24, 2.45) is 40.4 Å². The predicted octanol–water partition coefficient (Wildman–Crippen LogP) is 3.63. The second kappa shape index (κ2) is 4.06. The lowest BCUT2D eigenvalue weighted by Gasteiger charge is -2.45. The van der Waals surface area contributed by atoms with Crippen LogP contribution in [-0.2, 0) is 9.59 Å². The molecule has 1 N–H and O–H groups in total. The minimum absolute atomic E-state index is 0.0337. The standard InChI is InChI=1S/C20H24O3/c1-9(2)14-13-8-11(4)12-7-6-10(3)15-16(21)17(22)19(14,5)18(23)20(12,13)15/h6-7,10-14,21H,1,8H2,2-5H3/t10-,11-,12+,13-,14-,19+,20-/m1/s1. The Bertz CT molecular complexity index is 727. The molecular weight excluding hydrogens is 288 g/mol. The van der Waals surface area contributed by atoms with Crippen LogP contribution < -0.4 is 0 Å². The van der Waals surface area contributed by atoms with Crippen LogP contribution in [0, 0.1) is 40.4 Å². The summed E-state index contributed by atoms with van der Waals surface area (Å²) in [7, 11) is 0. The van der Waals surface area contributed by atoms with E-state index in [1.165, 1.54) is 0 Å². The third kappa shape index (κ3) is 1.28. The number of aliphatic hydroxyl groups excluding tert-OH is 1. The SMILES string of the molecule is C=C(C)[C@@H]1[C@H]2C[C@@H](C)[C@@H]3C=C[C@@H](C)C4=C(O)C(=O)[C@@]1(C)C(=O)[C@@]423. The van der Waals surface area contributed by atoms with Gasteiger partial charge in [-0.3, -0.25) is 9.59 Å².